The standard InChI is InChI=1S/C56H59N5O8S/c1-37(2)30-39-15-22-43(23-16-39)44-24-17-40(18-25-44)31-48-54(66)58-47(28-21-38-10-5-3-6-11-38)53(65)60-50(56(68)61(35-52(63)64)34-42-12-7-4-8-13-42)32-41-19-26-45(27-20-41)69-36-51(62)57-49(55(67)59-48)33-46-14-9-29-70-46/h3-20,22-27,29,37,47-50H,21,28,30-36H2,1-2H3,(H,57,62)(H,58,66)(H,59,67)(H,60,65)(H,63,64). The van der Waals surface area contributed by atoms with Gasteiger partial charge in [-0.25, -0.2) is 0 Å². The van der Waals surface area contributed by atoms with E-state index in [2.05, 4.69) is 59.4 Å². The molecular formula is C56H59N5O8S. The van der Waals surface area contributed by atoms with Crippen LogP contribution in [0.1, 0.15) is 53.0 Å². The SMILES string of the molecule is CC(C)Cc1ccc(-c2ccc(CC3NC(=O)C(Cc4cccs4)NC(=O)COc4ccc(cc4)CC(C(=O)N(CC(=O)O)Cc4ccccc4)NC(=O)C(CCc4ccccc4)NC3=O)cc2)cc1. The van der Waals surface area contributed by atoms with Crippen molar-refractivity contribution in [2.24, 2.45) is 5.92 Å². The Morgan fingerprint density at radius 3 is 1.83 bits per heavy atom. The Morgan fingerprint density at radius 1 is 0.643 bits per heavy atom. The number of aryl methyl sites for hydroxylation is 1. The number of aliphatic carboxylic acids is 1. The van der Waals surface area contributed by atoms with Gasteiger partial charge in [0, 0.05) is 30.7 Å². The number of benzene rings is 5. The summed E-state index contributed by atoms with van der Waals surface area (Å²) in [5.74, 6) is -3.53. The van der Waals surface area contributed by atoms with Gasteiger partial charge < -0.3 is 36.0 Å². The second-order valence-electron chi connectivity index (χ2n) is 18.0. The van der Waals surface area contributed by atoms with E-state index in [1.807, 2.05) is 78.2 Å². The van der Waals surface area contributed by atoms with Crippen LogP contribution in [0.4, 0.5) is 0 Å². The first kappa shape index (κ1) is 50.3. The maximum absolute atomic E-state index is 14.8. The maximum atomic E-state index is 14.8. The number of carboxylic acid groups (broad SMARTS) is 1. The van der Waals surface area contributed by atoms with Crippen LogP contribution in [0.5, 0.6) is 5.75 Å². The van der Waals surface area contributed by atoms with E-state index in [0.717, 1.165) is 33.6 Å². The molecule has 5 N–H and O–H groups in total. The Morgan fingerprint density at radius 2 is 1.23 bits per heavy atom. The molecule has 13 nitrogen and oxygen atoms in total. The molecule has 14 heteroatoms. The quantitative estimate of drug-likeness (QED) is 0.0704. The molecule has 0 fully saturated rings. The average molecular weight is 962 g/mol. The van der Waals surface area contributed by atoms with E-state index >= 15 is 0 Å². The number of fused-ring (bicyclic) bond motifs is 16. The van der Waals surface area contributed by atoms with Crippen molar-refractivity contribution >= 4 is 46.8 Å². The monoisotopic (exact) mass is 961 g/mol. The van der Waals surface area contributed by atoms with E-state index in [1.165, 1.54) is 21.8 Å². The van der Waals surface area contributed by atoms with Crippen LogP contribution in [0.2, 0.25) is 0 Å². The fourth-order valence-corrected chi connectivity index (χ4v) is 9.16. The number of hydrogen-bond acceptors (Lipinski definition) is 8. The molecule has 1 aromatic heterocycles. The first-order valence-corrected chi connectivity index (χ1v) is 24.4. The number of amides is 5. The number of hydrogen-bond donors (Lipinski definition) is 5. The highest BCUT2D eigenvalue weighted by molar-refractivity contribution is 7.09. The number of carbonyl (C=O) groups is 6. The Balaban J connectivity index is 1.23. The molecule has 4 unspecified atom stereocenters. The molecule has 8 rings (SSSR count). The smallest absolute Gasteiger partial charge is 0.323 e. The Bertz CT molecular complexity index is 2680. The van der Waals surface area contributed by atoms with Gasteiger partial charge in [-0.3, -0.25) is 28.8 Å². The Kier molecular flexibility index (Phi) is 17.7. The summed E-state index contributed by atoms with van der Waals surface area (Å²) in [6.45, 7) is 3.27. The van der Waals surface area contributed by atoms with Gasteiger partial charge in [0.25, 0.3) is 5.91 Å². The molecule has 0 saturated carbocycles. The molecule has 2 aliphatic rings. The normalized spacial score (nSPS) is 18.0. The van der Waals surface area contributed by atoms with E-state index in [1.54, 1.807) is 48.5 Å². The van der Waals surface area contributed by atoms with Gasteiger partial charge in [0.05, 0.1) is 0 Å². The summed E-state index contributed by atoms with van der Waals surface area (Å²) >= 11 is 1.43. The third-order valence-electron chi connectivity index (χ3n) is 12.0. The first-order valence-electron chi connectivity index (χ1n) is 23.6. The third kappa shape index (κ3) is 15.0. The number of nitrogens with zero attached hydrogens (tertiary/aromatic N) is 1. The van der Waals surface area contributed by atoms with Crippen molar-refractivity contribution in [3.8, 4) is 16.9 Å². The van der Waals surface area contributed by atoms with E-state index in [0.29, 0.717) is 29.2 Å². The van der Waals surface area contributed by atoms with Crippen LogP contribution < -0.4 is 26.0 Å². The third-order valence-corrected chi connectivity index (χ3v) is 12.9. The molecule has 0 saturated heterocycles. The van der Waals surface area contributed by atoms with Gasteiger partial charge in [-0.15, -0.1) is 11.3 Å². The van der Waals surface area contributed by atoms with Crippen molar-refractivity contribution < 1.29 is 38.6 Å². The summed E-state index contributed by atoms with van der Waals surface area (Å²) < 4.78 is 5.84. The number of nitrogens with one attached hydrogen (secondary N) is 4. The number of thiophene rings is 1. The minimum Gasteiger partial charge on any atom is -0.484 e. The molecule has 5 amide bonds. The van der Waals surface area contributed by atoms with Crippen molar-refractivity contribution in [2.45, 2.75) is 83.1 Å². The second-order valence-corrected chi connectivity index (χ2v) is 19.0. The highest BCUT2D eigenvalue weighted by Crippen LogP contribution is 2.23. The highest BCUT2D eigenvalue weighted by atomic mass is 32.1. The fourth-order valence-electron chi connectivity index (χ4n) is 8.41. The molecule has 70 heavy (non-hydrogen) atoms. The molecule has 362 valence electrons. The van der Waals surface area contributed by atoms with Crippen LogP contribution in [-0.2, 0) is 67.4 Å². The van der Waals surface area contributed by atoms with Crippen LogP contribution >= 0.6 is 11.3 Å². The van der Waals surface area contributed by atoms with Gasteiger partial charge in [-0.2, -0.15) is 0 Å². The molecule has 2 aliphatic heterocycles. The predicted molar refractivity (Wildman–Crippen MR) is 270 cm³/mol. The van der Waals surface area contributed by atoms with Crippen LogP contribution in [0.25, 0.3) is 11.1 Å². The molecule has 0 spiro atoms. The summed E-state index contributed by atoms with van der Waals surface area (Å²) in [4.78, 5) is 86.3. The zero-order valence-electron chi connectivity index (χ0n) is 39.3. The van der Waals surface area contributed by atoms with Crippen LogP contribution in [0.15, 0.2) is 151 Å². The second kappa shape index (κ2) is 24.6. The number of ether oxygens (including phenoxy) is 1. The fraction of sp³-hybridized carbons (Fsp3) is 0.286. The number of rotatable bonds is 15. The lowest BCUT2D eigenvalue weighted by molar-refractivity contribution is -0.146. The molecule has 5 aromatic carbocycles. The topological polar surface area (TPSA) is 183 Å². The molecule has 4 atom stereocenters. The van der Waals surface area contributed by atoms with E-state index in [9.17, 15) is 33.9 Å². The van der Waals surface area contributed by atoms with Gasteiger partial charge in [-0.05, 0) is 87.7 Å². The van der Waals surface area contributed by atoms with Gasteiger partial charge in [0.2, 0.25) is 23.6 Å². The summed E-state index contributed by atoms with van der Waals surface area (Å²) in [5.41, 5.74) is 6.17. The van der Waals surface area contributed by atoms with Crippen molar-refractivity contribution in [2.75, 3.05) is 13.2 Å². The van der Waals surface area contributed by atoms with Gasteiger partial charge >= 0.3 is 5.97 Å². The Labute approximate surface area is 412 Å². The van der Waals surface area contributed by atoms with Crippen LogP contribution in [0.3, 0.4) is 0 Å². The average Bonchev–Trinajstić information content (AvgIpc) is 3.88. The lowest BCUT2D eigenvalue weighted by Gasteiger charge is -2.29. The van der Waals surface area contributed by atoms with E-state index in [4.69, 9.17) is 4.74 Å². The maximum Gasteiger partial charge on any atom is 0.323 e. The summed E-state index contributed by atoms with van der Waals surface area (Å²) in [6, 6.07) is 40.0. The molecule has 0 aliphatic carbocycles. The lowest BCUT2D eigenvalue weighted by Crippen LogP contribution is -2.59. The summed E-state index contributed by atoms with van der Waals surface area (Å²) in [5, 5.41) is 23.4. The van der Waals surface area contributed by atoms with Gasteiger partial charge in [-0.1, -0.05) is 141 Å². The van der Waals surface area contributed by atoms with Crippen molar-refractivity contribution in [1.82, 2.24) is 26.2 Å². The molecule has 6 aromatic rings. The highest BCUT2D eigenvalue weighted by Gasteiger charge is 2.34. The molecule has 3 heterocycles. The zero-order chi connectivity index (χ0) is 49.4. The zero-order valence-corrected chi connectivity index (χ0v) is 40.2. The molecule has 0 radical (unpaired) electrons. The molecule has 2 bridgehead atoms. The first-order chi connectivity index (χ1) is 33.8. The van der Waals surface area contributed by atoms with E-state index in [-0.39, 0.29) is 32.2 Å². The summed E-state index contributed by atoms with van der Waals surface area (Å²) in [7, 11) is 0. The predicted octanol–water partition coefficient (Wildman–Crippen LogP) is 6.72. The van der Waals surface area contributed by atoms with Crippen molar-refractivity contribution in [3.63, 3.8) is 0 Å². The van der Waals surface area contributed by atoms with Crippen LogP contribution in [0, 0.1) is 5.92 Å². The lowest BCUT2D eigenvalue weighted by atomic mass is 9.97. The Hall–Kier alpha value is -7.58. The van der Waals surface area contributed by atoms with Crippen molar-refractivity contribution in [3.05, 3.63) is 184 Å². The minimum absolute atomic E-state index is 0.0275. The van der Waals surface area contributed by atoms with E-state index < -0.39 is 72.8 Å². The summed E-state index contributed by atoms with van der Waals surface area (Å²) in [6.07, 6.45) is 1.58. The van der Waals surface area contributed by atoms with Gasteiger partial charge in [0.1, 0.15) is 36.5 Å². The largest absolute Gasteiger partial charge is 0.484 e. The minimum atomic E-state index is -1.27. The van der Waals surface area contributed by atoms with Gasteiger partial charge in [0.15, 0.2) is 6.61 Å². The number of carbonyl (C=O) groups excluding carboxylic acids is 5. The molecular weight excluding hydrogens is 903 g/mol. The van der Waals surface area contributed by atoms with Crippen molar-refractivity contribution in [1.29, 1.82) is 0 Å². The van der Waals surface area contributed by atoms with Crippen LogP contribution in [-0.4, -0.2) is 82.8 Å². The number of carboxylic acids is 1.